The molecule has 6 heteroatoms. The van der Waals surface area contributed by atoms with Crippen LogP contribution >= 0.6 is 0 Å². The first kappa shape index (κ1) is 17.7. The van der Waals surface area contributed by atoms with E-state index >= 15 is 0 Å². The zero-order valence-corrected chi connectivity index (χ0v) is 12.8. The zero-order chi connectivity index (χ0) is 15.3. The van der Waals surface area contributed by atoms with Crippen molar-refractivity contribution in [2.24, 2.45) is 0 Å². The SMILES string of the molecule is COCCNCc1cc(OC)ccc1OCCOCCO. The van der Waals surface area contributed by atoms with E-state index in [0.717, 1.165) is 23.6 Å². The van der Waals surface area contributed by atoms with E-state index in [4.69, 9.17) is 24.1 Å². The summed E-state index contributed by atoms with van der Waals surface area (Å²) in [6.45, 7) is 3.35. The normalized spacial score (nSPS) is 10.6. The maximum absolute atomic E-state index is 8.63. The molecule has 0 fully saturated rings. The van der Waals surface area contributed by atoms with Gasteiger partial charge in [0, 0.05) is 25.8 Å². The molecule has 1 aromatic carbocycles. The number of rotatable bonds is 12. The smallest absolute Gasteiger partial charge is 0.124 e. The van der Waals surface area contributed by atoms with Crippen LogP contribution in [0, 0.1) is 0 Å². The first-order chi connectivity index (χ1) is 10.3. The number of hydrogen-bond acceptors (Lipinski definition) is 6. The van der Waals surface area contributed by atoms with Crippen LogP contribution in [0.15, 0.2) is 18.2 Å². The van der Waals surface area contributed by atoms with Crippen LogP contribution in [-0.2, 0) is 16.0 Å². The van der Waals surface area contributed by atoms with Gasteiger partial charge < -0.3 is 29.4 Å². The number of methoxy groups -OCH3 is 2. The molecule has 0 unspecified atom stereocenters. The summed E-state index contributed by atoms with van der Waals surface area (Å²) in [7, 11) is 3.31. The van der Waals surface area contributed by atoms with E-state index in [1.165, 1.54) is 0 Å². The molecule has 0 amide bonds. The summed E-state index contributed by atoms with van der Waals surface area (Å²) >= 11 is 0. The van der Waals surface area contributed by atoms with Gasteiger partial charge in [0.05, 0.1) is 33.5 Å². The molecule has 0 heterocycles. The van der Waals surface area contributed by atoms with Crippen LogP contribution in [0.4, 0.5) is 0 Å². The van der Waals surface area contributed by atoms with Crippen molar-refractivity contribution in [3.63, 3.8) is 0 Å². The highest BCUT2D eigenvalue weighted by molar-refractivity contribution is 5.40. The molecule has 6 nitrogen and oxygen atoms in total. The first-order valence-electron chi connectivity index (χ1n) is 6.99. The molecule has 0 aromatic heterocycles. The molecule has 0 saturated heterocycles. The monoisotopic (exact) mass is 299 g/mol. The van der Waals surface area contributed by atoms with E-state index in [1.54, 1.807) is 14.2 Å². The maximum Gasteiger partial charge on any atom is 0.124 e. The molecule has 0 aliphatic rings. The summed E-state index contributed by atoms with van der Waals surface area (Å²) in [5.74, 6) is 1.59. The summed E-state index contributed by atoms with van der Waals surface area (Å²) in [6, 6.07) is 5.70. The summed E-state index contributed by atoms with van der Waals surface area (Å²) in [5.41, 5.74) is 1.02. The van der Waals surface area contributed by atoms with E-state index in [2.05, 4.69) is 5.32 Å². The minimum absolute atomic E-state index is 0.0250. The van der Waals surface area contributed by atoms with Gasteiger partial charge in [-0.1, -0.05) is 0 Å². The number of hydrogen-bond donors (Lipinski definition) is 2. The lowest BCUT2D eigenvalue weighted by Crippen LogP contribution is -2.19. The maximum atomic E-state index is 8.63. The Morgan fingerprint density at radius 1 is 1.10 bits per heavy atom. The number of nitrogens with one attached hydrogen (secondary N) is 1. The van der Waals surface area contributed by atoms with Gasteiger partial charge in [-0.15, -0.1) is 0 Å². The first-order valence-corrected chi connectivity index (χ1v) is 6.99. The van der Waals surface area contributed by atoms with Crippen LogP contribution in [-0.4, -0.2) is 58.9 Å². The lowest BCUT2D eigenvalue weighted by molar-refractivity contribution is 0.0702. The third kappa shape index (κ3) is 7.29. The molecule has 0 aliphatic carbocycles. The van der Waals surface area contributed by atoms with Crippen molar-refractivity contribution in [1.82, 2.24) is 5.32 Å². The molecule has 1 aromatic rings. The van der Waals surface area contributed by atoms with Crippen molar-refractivity contribution in [3.05, 3.63) is 23.8 Å². The molecule has 21 heavy (non-hydrogen) atoms. The molecule has 0 radical (unpaired) electrons. The number of aliphatic hydroxyl groups is 1. The van der Waals surface area contributed by atoms with Crippen LogP contribution in [0.2, 0.25) is 0 Å². The fraction of sp³-hybridized carbons (Fsp3) is 0.600. The van der Waals surface area contributed by atoms with Crippen molar-refractivity contribution in [2.45, 2.75) is 6.54 Å². The van der Waals surface area contributed by atoms with Crippen LogP contribution in [0.3, 0.4) is 0 Å². The third-order valence-corrected chi connectivity index (χ3v) is 2.79. The molecule has 0 aliphatic heterocycles. The Morgan fingerprint density at radius 2 is 1.95 bits per heavy atom. The predicted molar refractivity (Wildman–Crippen MR) is 80.0 cm³/mol. The Bertz CT molecular complexity index is 386. The number of ether oxygens (including phenoxy) is 4. The fourth-order valence-corrected chi connectivity index (χ4v) is 1.74. The minimum Gasteiger partial charge on any atom is -0.497 e. The Balaban J connectivity index is 2.50. The van der Waals surface area contributed by atoms with Crippen LogP contribution in [0.1, 0.15) is 5.56 Å². The molecular formula is C15H25NO5. The Morgan fingerprint density at radius 3 is 2.67 bits per heavy atom. The average molecular weight is 299 g/mol. The third-order valence-electron chi connectivity index (χ3n) is 2.79. The molecule has 0 spiro atoms. The van der Waals surface area contributed by atoms with Gasteiger partial charge in [-0.05, 0) is 18.2 Å². The topological polar surface area (TPSA) is 69.2 Å². The Labute approximate surface area is 126 Å². The van der Waals surface area contributed by atoms with E-state index in [-0.39, 0.29) is 6.61 Å². The van der Waals surface area contributed by atoms with E-state index in [9.17, 15) is 0 Å². The summed E-state index contributed by atoms with van der Waals surface area (Å²) in [4.78, 5) is 0. The second kappa shape index (κ2) is 11.3. The lowest BCUT2D eigenvalue weighted by Gasteiger charge is -2.13. The molecule has 0 atom stereocenters. The number of aliphatic hydroxyl groups excluding tert-OH is 1. The molecular weight excluding hydrogens is 274 g/mol. The van der Waals surface area contributed by atoms with Gasteiger partial charge in [-0.2, -0.15) is 0 Å². The quantitative estimate of drug-likeness (QED) is 0.557. The van der Waals surface area contributed by atoms with Gasteiger partial charge in [0.1, 0.15) is 18.1 Å². The van der Waals surface area contributed by atoms with Crippen LogP contribution < -0.4 is 14.8 Å². The highest BCUT2D eigenvalue weighted by Gasteiger charge is 2.06. The Hall–Kier alpha value is -1.34. The van der Waals surface area contributed by atoms with Gasteiger partial charge in [0.2, 0.25) is 0 Å². The summed E-state index contributed by atoms with van der Waals surface area (Å²) in [5, 5.41) is 11.9. The van der Waals surface area contributed by atoms with E-state index < -0.39 is 0 Å². The predicted octanol–water partition coefficient (Wildman–Crippen LogP) is 0.819. The second-order valence-corrected chi connectivity index (χ2v) is 4.33. The average Bonchev–Trinajstić information content (AvgIpc) is 2.52. The summed E-state index contributed by atoms with van der Waals surface area (Å²) < 4.78 is 21.1. The Kier molecular flexibility index (Phi) is 9.56. The van der Waals surface area contributed by atoms with Crippen molar-refractivity contribution in [1.29, 1.82) is 0 Å². The van der Waals surface area contributed by atoms with Crippen molar-refractivity contribution < 1.29 is 24.1 Å². The standard InChI is InChI=1S/C15H25NO5/c1-18-7-5-16-12-13-11-14(19-2)3-4-15(13)21-10-9-20-8-6-17/h3-4,11,16-17H,5-10,12H2,1-2H3. The minimum atomic E-state index is 0.0250. The molecule has 1 rings (SSSR count). The molecule has 0 bridgehead atoms. The van der Waals surface area contributed by atoms with Gasteiger partial charge in [0.25, 0.3) is 0 Å². The molecule has 120 valence electrons. The van der Waals surface area contributed by atoms with Crippen molar-refractivity contribution >= 4 is 0 Å². The van der Waals surface area contributed by atoms with Gasteiger partial charge in [-0.25, -0.2) is 0 Å². The fourth-order valence-electron chi connectivity index (χ4n) is 1.74. The van der Waals surface area contributed by atoms with Crippen molar-refractivity contribution in [3.8, 4) is 11.5 Å². The van der Waals surface area contributed by atoms with Gasteiger partial charge in [0.15, 0.2) is 0 Å². The largest absolute Gasteiger partial charge is 0.497 e. The highest BCUT2D eigenvalue weighted by Crippen LogP contribution is 2.24. The summed E-state index contributed by atoms with van der Waals surface area (Å²) in [6.07, 6.45) is 0. The van der Waals surface area contributed by atoms with Crippen LogP contribution in [0.25, 0.3) is 0 Å². The second-order valence-electron chi connectivity index (χ2n) is 4.33. The van der Waals surface area contributed by atoms with Crippen LogP contribution in [0.5, 0.6) is 11.5 Å². The molecule has 2 N–H and O–H groups in total. The van der Waals surface area contributed by atoms with Gasteiger partial charge >= 0.3 is 0 Å². The molecule has 0 saturated carbocycles. The van der Waals surface area contributed by atoms with E-state index in [1.807, 2.05) is 18.2 Å². The highest BCUT2D eigenvalue weighted by atomic mass is 16.5. The van der Waals surface area contributed by atoms with E-state index in [0.29, 0.717) is 33.0 Å². The zero-order valence-electron chi connectivity index (χ0n) is 12.8. The van der Waals surface area contributed by atoms with Gasteiger partial charge in [-0.3, -0.25) is 0 Å². The number of benzene rings is 1. The lowest BCUT2D eigenvalue weighted by atomic mass is 10.2. The van der Waals surface area contributed by atoms with Crippen molar-refractivity contribution in [2.75, 3.05) is 53.8 Å².